The van der Waals surface area contributed by atoms with Crippen molar-refractivity contribution in [1.82, 2.24) is 0 Å². The van der Waals surface area contributed by atoms with Gasteiger partial charge in [0.25, 0.3) is 5.78 Å². The maximum absolute atomic E-state index is 14.1. The molecule has 0 aliphatic rings. The van der Waals surface area contributed by atoms with Crippen molar-refractivity contribution in [1.29, 1.82) is 0 Å². The van der Waals surface area contributed by atoms with Gasteiger partial charge in [-0.3, -0.25) is 19.2 Å². The Balaban J connectivity index is 0.000000356. The summed E-state index contributed by atoms with van der Waals surface area (Å²) in [5, 5.41) is 49.5. The fourth-order valence-electron chi connectivity index (χ4n) is 6.71. The molecule has 12 nitrogen and oxygen atoms in total. The summed E-state index contributed by atoms with van der Waals surface area (Å²) in [6.07, 6.45) is -0.678. The summed E-state index contributed by atoms with van der Waals surface area (Å²) in [5.41, 5.74) is -7.66. The van der Waals surface area contributed by atoms with Crippen LogP contribution in [0, 0.1) is 34.9 Å². The van der Waals surface area contributed by atoms with Crippen LogP contribution >= 0.6 is 72.0 Å². The Morgan fingerprint density at radius 2 is 0.844 bits per heavy atom. The van der Waals surface area contributed by atoms with Gasteiger partial charge in [0.15, 0.2) is 5.60 Å². The van der Waals surface area contributed by atoms with Crippen molar-refractivity contribution in [3.8, 4) is 0 Å². The van der Waals surface area contributed by atoms with Crippen LogP contribution in [0.15, 0.2) is 127 Å². The number of halogens is 13. The van der Waals surface area contributed by atoms with Crippen LogP contribution in [0.2, 0.25) is 15.1 Å². The van der Waals surface area contributed by atoms with Gasteiger partial charge >= 0.3 is 67.5 Å². The second kappa shape index (κ2) is 30.7. The fourth-order valence-corrected chi connectivity index (χ4v) is 7.09. The Bertz CT molecular complexity index is 3010. The van der Waals surface area contributed by atoms with Crippen LogP contribution in [0.1, 0.15) is 64.4 Å². The van der Waals surface area contributed by atoms with Crippen LogP contribution in [-0.4, -0.2) is 66.6 Å². The molecule has 0 radical (unpaired) electrons. The number of carbonyl (C=O) groups is 7. The number of Topliss-reactive ketones (excluding diaryl/α,β-unsaturated/α-hetero) is 4. The Kier molecular flexibility index (Phi) is 27.0. The van der Waals surface area contributed by atoms with Gasteiger partial charge < -0.3 is 25.5 Å². The third-order valence-electron chi connectivity index (χ3n) is 9.95. The molecule has 0 heterocycles. The van der Waals surface area contributed by atoms with E-state index in [1.54, 1.807) is 43.3 Å². The molecular weight excluding hydrogens is 1210 g/mol. The summed E-state index contributed by atoms with van der Waals surface area (Å²) in [4.78, 5) is 78.8. The number of rotatable bonds is 15. The first-order valence-electron chi connectivity index (χ1n) is 21.2. The van der Waals surface area contributed by atoms with Gasteiger partial charge in [0, 0.05) is 27.9 Å². The molecule has 410 valence electrons. The Hall–Kier alpha value is -5.35. The van der Waals surface area contributed by atoms with E-state index >= 15 is 0 Å². The standard InChI is InChI=1S/2C17H13ClF2O4.C9H9ClO.C8H4F2O3.4ClH.Ti/c1-9(21)14(10-5-7-11(18)8-6-10)17(24,16(22)23)15-12(19)3-2-4-13(15)20;18-11-6-4-10(5-7-11)8-12(21)9-17(24,16(22)23)15-13(19)2-1-3-14(15)20;1-7(11)6-8-2-4-9(10)5-3-8;9-4-2-1-3-5(10)6(4)7(11)8(12)13;;;;;/h2-8,14,24H,1H3,(H,22,23);1-7,24H,8-9H2,(H,22,23);2-5H,6H2,1H3;1-3H,(H,12,13);4*1H;/q;;;;;;;;+4/p-4. The number of hydrogen-bond acceptors (Lipinski definition) is 9. The van der Waals surface area contributed by atoms with E-state index in [0.717, 1.165) is 67.1 Å². The Labute approximate surface area is 468 Å². The third-order valence-corrected chi connectivity index (χ3v) is 10.7. The van der Waals surface area contributed by atoms with E-state index in [-0.39, 0.29) is 17.8 Å². The first kappa shape index (κ1) is 67.8. The number of carboxylic acid groups (broad SMARTS) is 3. The third kappa shape index (κ3) is 21.1. The van der Waals surface area contributed by atoms with Crippen molar-refractivity contribution in [3.63, 3.8) is 0 Å². The molecule has 3 atom stereocenters. The number of ketones is 4. The van der Waals surface area contributed by atoms with Crippen LogP contribution in [-0.2, 0) is 65.2 Å². The second-order valence-electron chi connectivity index (χ2n) is 15.7. The SMILES string of the molecule is CC(=O)C(c1ccc(Cl)cc1)C(O)(C(=O)O)c1c(F)cccc1F.CC(=O)Cc1ccc(Cl)cc1.O=C(Cc1ccc(Cl)cc1)CC(O)(C(=O)O)c1c(F)cccc1F.O=C(O)C(=O)c1c(F)cccc1F.[Cl][Ti]([Cl])([Cl])[Cl]. The molecule has 0 aromatic heterocycles. The zero-order valence-corrected chi connectivity index (χ0v) is 46.2. The van der Waals surface area contributed by atoms with Crippen LogP contribution < -0.4 is 0 Å². The molecular formula is C51H39Cl7F6O12Ti. The molecule has 5 N–H and O–H groups in total. The molecule has 26 heteroatoms. The number of carbonyl (C=O) groups excluding carboxylic acids is 4. The fraction of sp³-hybridized carbons (Fsp3) is 0.157. The molecule has 0 saturated carbocycles. The molecule has 0 bridgehead atoms. The number of benzene rings is 6. The van der Waals surface area contributed by atoms with Crippen molar-refractivity contribution in [3.05, 3.63) is 211 Å². The van der Waals surface area contributed by atoms with Crippen LogP contribution in [0.4, 0.5) is 26.3 Å². The van der Waals surface area contributed by atoms with E-state index in [1.165, 1.54) is 24.3 Å². The van der Waals surface area contributed by atoms with E-state index in [2.05, 4.69) is 0 Å². The van der Waals surface area contributed by atoms with E-state index in [9.17, 15) is 80.3 Å². The first-order chi connectivity index (χ1) is 35.6. The summed E-state index contributed by atoms with van der Waals surface area (Å²) >= 11 is 14.0. The predicted molar refractivity (Wildman–Crippen MR) is 273 cm³/mol. The molecule has 6 aromatic rings. The van der Waals surface area contributed by atoms with Gasteiger partial charge in [-0.05, 0) is 103 Å². The van der Waals surface area contributed by atoms with Crippen LogP contribution in [0.5, 0.6) is 0 Å². The van der Waals surface area contributed by atoms with Crippen molar-refractivity contribution in [2.45, 2.75) is 50.2 Å². The molecule has 0 spiro atoms. The van der Waals surface area contributed by atoms with E-state index in [4.69, 9.17) is 77.1 Å². The summed E-state index contributed by atoms with van der Waals surface area (Å²) in [6.45, 7) is 2.61. The molecule has 0 aliphatic carbocycles. The number of carboxylic acids is 3. The van der Waals surface area contributed by atoms with Crippen molar-refractivity contribution < 1.29 is 97.8 Å². The van der Waals surface area contributed by atoms with E-state index in [1.807, 2.05) is 12.1 Å². The van der Waals surface area contributed by atoms with Gasteiger partial charge in [-0.25, -0.2) is 40.7 Å². The molecule has 0 saturated heterocycles. The van der Waals surface area contributed by atoms with Gasteiger partial charge in [-0.15, -0.1) is 0 Å². The molecule has 6 rings (SSSR count). The van der Waals surface area contributed by atoms with Gasteiger partial charge in [0.05, 0.1) is 23.5 Å². The molecule has 3 unspecified atom stereocenters. The monoisotopic (exact) mass is 1250 g/mol. The average molecular weight is 1250 g/mol. The summed E-state index contributed by atoms with van der Waals surface area (Å²) in [5.74, 6) is -17.7. The molecule has 77 heavy (non-hydrogen) atoms. The topological polar surface area (TPSA) is 221 Å². The average Bonchev–Trinajstić information content (AvgIpc) is 3.30. The number of aliphatic carboxylic acids is 3. The molecule has 6 aromatic carbocycles. The van der Waals surface area contributed by atoms with Crippen molar-refractivity contribution in [2.24, 2.45) is 0 Å². The normalized spacial score (nSPS) is 12.5. The quantitative estimate of drug-likeness (QED) is 0.0281. The van der Waals surface area contributed by atoms with E-state index in [0.29, 0.717) is 27.1 Å². The maximum atomic E-state index is 14.1. The van der Waals surface area contributed by atoms with Gasteiger partial charge in [-0.1, -0.05) is 89.4 Å². The van der Waals surface area contributed by atoms with Crippen LogP contribution in [0.25, 0.3) is 0 Å². The Morgan fingerprint density at radius 1 is 0.506 bits per heavy atom. The van der Waals surface area contributed by atoms with Crippen LogP contribution in [0.3, 0.4) is 0 Å². The predicted octanol–water partition coefficient (Wildman–Crippen LogP) is 12.8. The minimum absolute atomic E-state index is 0.0689. The van der Waals surface area contributed by atoms with Gasteiger partial charge in [0.1, 0.15) is 57.8 Å². The first-order valence-corrected chi connectivity index (χ1v) is 30.9. The van der Waals surface area contributed by atoms with Gasteiger partial charge in [0.2, 0.25) is 5.60 Å². The summed E-state index contributed by atoms with van der Waals surface area (Å²) in [7, 11) is 20.1. The second-order valence-corrected chi connectivity index (χ2v) is 32.5. The minimum atomic E-state index is -3.12. The Morgan fingerprint density at radius 3 is 1.17 bits per heavy atom. The van der Waals surface area contributed by atoms with Crippen molar-refractivity contribution >= 4 is 113 Å². The molecule has 0 aliphatic heterocycles. The van der Waals surface area contributed by atoms with Crippen molar-refractivity contribution in [2.75, 3.05) is 0 Å². The molecule has 0 fully saturated rings. The summed E-state index contributed by atoms with van der Waals surface area (Å²) in [6, 6.07) is 26.9. The summed E-state index contributed by atoms with van der Waals surface area (Å²) < 4.78 is 81.4. The van der Waals surface area contributed by atoms with E-state index < -0.39 is 123 Å². The number of aliphatic hydroxyl groups is 2. The van der Waals surface area contributed by atoms with Gasteiger partial charge in [-0.2, -0.15) is 0 Å². The number of hydrogen-bond donors (Lipinski definition) is 5. The zero-order valence-electron chi connectivity index (χ0n) is 39.3. The zero-order chi connectivity index (χ0) is 58.7. The molecule has 0 amide bonds.